The van der Waals surface area contributed by atoms with Crippen molar-refractivity contribution < 1.29 is 8.78 Å². The molecule has 0 fully saturated rings. The Morgan fingerprint density at radius 3 is 2.17 bits per heavy atom. The van der Waals surface area contributed by atoms with E-state index >= 15 is 0 Å². The Bertz CT molecular complexity index is 479. The minimum absolute atomic E-state index is 0.105. The summed E-state index contributed by atoms with van der Waals surface area (Å²) in [5, 5.41) is 4.26. The van der Waals surface area contributed by atoms with E-state index in [9.17, 15) is 8.78 Å². The van der Waals surface area contributed by atoms with Gasteiger partial charge in [-0.2, -0.15) is 5.10 Å². The van der Waals surface area contributed by atoms with Gasteiger partial charge in [-0.1, -0.05) is 58.8 Å². The van der Waals surface area contributed by atoms with Gasteiger partial charge in [0.05, 0.1) is 9.11 Å². The standard InChI is InChI=1S/C17H28BrF2IN2/c1-4-6-8-9-10-12-17(3,11-7-5-2)23-15(18)13(21)14(22-23)16(19)20/h16H,4-12H2,1-3H3. The molecule has 0 aromatic carbocycles. The first-order chi connectivity index (χ1) is 10.9. The number of rotatable bonds is 11. The maximum atomic E-state index is 13.2. The van der Waals surface area contributed by atoms with Crippen LogP contribution in [0.2, 0.25) is 0 Å². The number of alkyl halides is 2. The van der Waals surface area contributed by atoms with Gasteiger partial charge in [0.1, 0.15) is 10.3 Å². The summed E-state index contributed by atoms with van der Waals surface area (Å²) in [4.78, 5) is 0. The summed E-state index contributed by atoms with van der Waals surface area (Å²) in [5.41, 5.74) is -0.306. The molecule has 0 aliphatic rings. The largest absolute Gasteiger partial charge is 0.283 e. The van der Waals surface area contributed by atoms with Gasteiger partial charge in [-0.05, 0) is 58.3 Å². The van der Waals surface area contributed by atoms with Gasteiger partial charge < -0.3 is 0 Å². The first-order valence-electron chi connectivity index (χ1n) is 8.60. The Morgan fingerprint density at radius 1 is 1.09 bits per heavy atom. The SMILES string of the molecule is CCCCCCCC(C)(CCCC)n1nc(C(F)F)c(I)c1Br. The summed E-state index contributed by atoms with van der Waals surface area (Å²) in [7, 11) is 0. The van der Waals surface area contributed by atoms with Crippen molar-refractivity contribution in [2.45, 2.75) is 90.5 Å². The Balaban J connectivity index is 2.93. The normalized spacial score (nSPS) is 14.4. The maximum Gasteiger partial charge on any atom is 0.283 e. The van der Waals surface area contributed by atoms with Gasteiger partial charge in [0.25, 0.3) is 6.43 Å². The molecule has 134 valence electrons. The highest BCUT2D eigenvalue weighted by Gasteiger charge is 2.32. The highest BCUT2D eigenvalue weighted by Crippen LogP contribution is 2.37. The van der Waals surface area contributed by atoms with Gasteiger partial charge in [0.15, 0.2) is 0 Å². The van der Waals surface area contributed by atoms with E-state index in [4.69, 9.17) is 0 Å². The molecular formula is C17H28BrF2IN2. The molecule has 1 unspecified atom stereocenters. The summed E-state index contributed by atoms with van der Waals surface area (Å²) in [6.07, 6.45) is 7.67. The smallest absolute Gasteiger partial charge is 0.251 e. The molecule has 0 aliphatic heterocycles. The summed E-state index contributed by atoms with van der Waals surface area (Å²) < 4.78 is 29.3. The number of halogens is 4. The van der Waals surface area contributed by atoms with Crippen LogP contribution in [0.4, 0.5) is 8.78 Å². The van der Waals surface area contributed by atoms with Crippen molar-refractivity contribution in [3.05, 3.63) is 13.9 Å². The number of unbranched alkanes of at least 4 members (excludes halogenated alkanes) is 5. The molecule has 0 spiro atoms. The third-order valence-electron chi connectivity index (χ3n) is 4.41. The van der Waals surface area contributed by atoms with Crippen LogP contribution in [0.5, 0.6) is 0 Å². The second-order valence-corrected chi connectivity index (χ2v) is 8.30. The molecule has 0 bridgehead atoms. The highest BCUT2D eigenvalue weighted by atomic mass is 127. The van der Waals surface area contributed by atoms with Crippen LogP contribution in [-0.2, 0) is 5.54 Å². The van der Waals surface area contributed by atoms with E-state index in [1.165, 1.54) is 25.7 Å². The lowest BCUT2D eigenvalue weighted by Gasteiger charge is -2.31. The molecule has 1 heterocycles. The fraction of sp³-hybridized carbons (Fsp3) is 0.824. The van der Waals surface area contributed by atoms with Crippen LogP contribution in [0, 0.1) is 3.57 Å². The van der Waals surface area contributed by atoms with E-state index in [0.29, 0.717) is 8.17 Å². The van der Waals surface area contributed by atoms with Crippen molar-refractivity contribution in [3.63, 3.8) is 0 Å². The minimum Gasteiger partial charge on any atom is -0.251 e. The molecule has 0 N–H and O–H groups in total. The van der Waals surface area contributed by atoms with Gasteiger partial charge in [-0.3, -0.25) is 4.68 Å². The Hall–Kier alpha value is 0.280. The van der Waals surface area contributed by atoms with Gasteiger partial charge in [0, 0.05) is 0 Å². The van der Waals surface area contributed by atoms with E-state index in [2.05, 4.69) is 41.8 Å². The van der Waals surface area contributed by atoms with E-state index in [1.54, 1.807) is 0 Å². The third kappa shape index (κ3) is 5.94. The average Bonchev–Trinajstić information content (AvgIpc) is 2.82. The van der Waals surface area contributed by atoms with Crippen LogP contribution in [0.1, 0.15) is 90.7 Å². The van der Waals surface area contributed by atoms with Crippen molar-refractivity contribution in [1.29, 1.82) is 0 Å². The Labute approximate surface area is 161 Å². The molecule has 1 aromatic heterocycles. The predicted octanol–water partition coefficient (Wildman–Crippen LogP) is 7.45. The molecular weight excluding hydrogens is 477 g/mol. The average molecular weight is 505 g/mol. The number of aromatic nitrogens is 2. The zero-order valence-electron chi connectivity index (χ0n) is 14.3. The number of hydrogen-bond acceptors (Lipinski definition) is 1. The zero-order valence-corrected chi connectivity index (χ0v) is 18.1. The molecule has 1 atom stereocenters. The Morgan fingerprint density at radius 2 is 1.65 bits per heavy atom. The molecule has 23 heavy (non-hydrogen) atoms. The highest BCUT2D eigenvalue weighted by molar-refractivity contribution is 14.1. The van der Waals surface area contributed by atoms with Crippen molar-refractivity contribution >= 4 is 38.5 Å². The molecule has 0 saturated carbocycles. The number of nitrogens with zero attached hydrogens (tertiary/aromatic N) is 2. The predicted molar refractivity (Wildman–Crippen MR) is 104 cm³/mol. The number of hydrogen-bond donors (Lipinski definition) is 0. The van der Waals surface area contributed by atoms with Crippen molar-refractivity contribution in [2.75, 3.05) is 0 Å². The van der Waals surface area contributed by atoms with E-state index in [-0.39, 0.29) is 11.2 Å². The fourth-order valence-corrected chi connectivity index (χ4v) is 4.18. The Kier molecular flexibility index (Phi) is 9.56. The van der Waals surface area contributed by atoms with Crippen LogP contribution in [0.25, 0.3) is 0 Å². The van der Waals surface area contributed by atoms with E-state index < -0.39 is 6.43 Å². The molecule has 1 rings (SSSR count). The van der Waals surface area contributed by atoms with Gasteiger partial charge in [0.2, 0.25) is 0 Å². The first kappa shape index (κ1) is 21.3. The lowest BCUT2D eigenvalue weighted by molar-refractivity contribution is 0.140. The van der Waals surface area contributed by atoms with Gasteiger partial charge >= 0.3 is 0 Å². The molecule has 2 nitrogen and oxygen atoms in total. The monoisotopic (exact) mass is 504 g/mol. The molecule has 1 aromatic rings. The third-order valence-corrected chi connectivity index (χ3v) is 6.94. The molecule has 0 amide bonds. The van der Waals surface area contributed by atoms with Crippen molar-refractivity contribution in [1.82, 2.24) is 9.78 Å². The topological polar surface area (TPSA) is 17.8 Å². The van der Waals surface area contributed by atoms with Crippen LogP contribution >= 0.6 is 38.5 Å². The fourth-order valence-electron chi connectivity index (χ4n) is 2.90. The van der Waals surface area contributed by atoms with Crippen LogP contribution in [0.3, 0.4) is 0 Å². The summed E-state index contributed by atoms with van der Waals surface area (Å²) >= 11 is 5.46. The van der Waals surface area contributed by atoms with Gasteiger partial charge in [-0.25, -0.2) is 8.78 Å². The maximum absolute atomic E-state index is 13.2. The lowest BCUT2D eigenvalue weighted by atomic mass is 9.89. The minimum atomic E-state index is -2.53. The molecule has 6 heteroatoms. The van der Waals surface area contributed by atoms with E-state index in [1.807, 2.05) is 27.3 Å². The second-order valence-electron chi connectivity index (χ2n) is 6.47. The van der Waals surface area contributed by atoms with Crippen molar-refractivity contribution in [2.24, 2.45) is 0 Å². The molecule has 0 radical (unpaired) electrons. The zero-order chi connectivity index (χ0) is 17.5. The summed E-state index contributed by atoms with van der Waals surface area (Å²) in [5.74, 6) is 0. The molecule has 0 aliphatic carbocycles. The summed E-state index contributed by atoms with van der Waals surface area (Å²) in [6.45, 7) is 6.53. The van der Waals surface area contributed by atoms with Crippen LogP contribution < -0.4 is 0 Å². The first-order valence-corrected chi connectivity index (χ1v) is 10.5. The summed E-state index contributed by atoms with van der Waals surface area (Å²) in [6, 6.07) is 0. The lowest BCUT2D eigenvalue weighted by Crippen LogP contribution is -2.32. The van der Waals surface area contributed by atoms with E-state index in [0.717, 1.165) is 32.1 Å². The van der Waals surface area contributed by atoms with Crippen LogP contribution in [-0.4, -0.2) is 9.78 Å². The van der Waals surface area contributed by atoms with Crippen molar-refractivity contribution in [3.8, 4) is 0 Å². The quantitative estimate of drug-likeness (QED) is 0.226. The van der Waals surface area contributed by atoms with Crippen LogP contribution in [0.15, 0.2) is 4.60 Å². The second kappa shape index (κ2) is 10.3. The molecule has 0 saturated heterocycles. The van der Waals surface area contributed by atoms with Gasteiger partial charge in [-0.15, -0.1) is 0 Å².